The Morgan fingerprint density at radius 2 is 1.68 bits per heavy atom. The van der Waals surface area contributed by atoms with E-state index < -0.39 is 0 Å². The van der Waals surface area contributed by atoms with E-state index >= 15 is 0 Å². The van der Waals surface area contributed by atoms with Crippen LogP contribution in [-0.4, -0.2) is 36.6 Å². The third-order valence-corrected chi connectivity index (χ3v) is 5.20. The van der Waals surface area contributed by atoms with Gasteiger partial charge in [0.25, 0.3) is 0 Å². The van der Waals surface area contributed by atoms with Crippen molar-refractivity contribution in [3.05, 3.63) is 0 Å². The molecule has 0 aromatic heterocycles. The van der Waals surface area contributed by atoms with Gasteiger partial charge in [0.2, 0.25) is 0 Å². The van der Waals surface area contributed by atoms with Gasteiger partial charge < -0.3 is 5.32 Å². The Bertz CT molecular complexity index is 233. The van der Waals surface area contributed by atoms with Gasteiger partial charge in [-0.1, -0.05) is 39.5 Å². The standard InChI is InChI=1S/C17H34N2/c1-3-7-15-10-13-19(14-11-15)17-9-6-5-8-16(17)18-12-4-2/h15-18H,3-14H2,1-2H3. The summed E-state index contributed by atoms with van der Waals surface area (Å²) in [5, 5.41) is 3.81. The van der Waals surface area contributed by atoms with Crippen LogP contribution in [0.5, 0.6) is 0 Å². The van der Waals surface area contributed by atoms with Gasteiger partial charge in [-0.15, -0.1) is 0 Å². The minimum absolute atomic E-state index is 0.774. The molecule has 1 N–H and O–H groups in total. The average molecular weight is 266 g/mol. The lowest BCUT2D eigenvalue weighted by Gasteiger charge is -2.43. The predicted molar refractivity (Wildman–Crippen MR) is 83.5 cm³/mol. The number of likely N-dealkylation sites (tertiary alicyclic amines) is 1. The topological polar surface area (TPSA) is 15.3 Å². The van der Waals surface area contributed by atoms with Crippen LogP contribution in [0.3, 0.4) is 0 Å². The molecule has 0 bridgehead atoms. The highest BCUT2D eigenvalue weighted by Crippen LogP contribution is 2.29. The second kappa shape index (κ2) is 8.26. The SMILES string of the molecule is CCCNC1CCCCC1N1CCC(CCC)CC1. The van der Waals surface area contributed by atoms with Crippen molar-refractivity contribution in [1.82, 2.24) is 10.2 Å². The van der Waals surface area contributed by atoms with Gasteiger partial charge in [0, 0.05) is 12.1 Å². The van der Waals surface area contributed by atoms with Crippen molar-refractivity contribution in [1.29, 1.82) is 0 Å². The van der Waals surface area contributed by atoms with Crippen LogP contribution in [0.15, 0.2) is 0 Å². The second-order valence-corrected chi connectivity index (χ2v) is 6.68. The number of nitrogens with zero attached hydrogens (tertiary/aromatic N) is 1. The van der Waals surface area contributed by atoms with Crippen LogP contribution in [-0.2, 0) is 0 Å². The fraction of sp³-hybridized carbons (Fsp3) is 1.00. The minimum Gasteiger partial charge on any atom is -0.312 e. The third-order valence-electron chi connectivity index (χ3n) is 5.20. The molecule has 0 aromatic carbocycles. The molecule has 1 heterocycles. The van der Waals surface area contributed by atoms with Crippen molar-refractivity contribution in [2.75, 3.05) is 19.6 Å². The maximum absolute atomic E-state index is 3.81. The first-order valence-electron chi connectivity index (χ1n) is 8.82. The van der Waals surface area contributed by atoms with Crippen molar-refractivity contribution in [3.8, 4) is 0 Å². The van der Waals surface area contributed by atoms with E-state index in [2.05, 4.69) is 24.1 Å². The van der Waals surface area contributed by atoms with E-state index in [-0.39, 0.29) is 0 Å². The first-order valence-corrected chi connectivity index (χ1v) is 8.82. The summed E-state index contributed by atoms with van der Waals surface area (Å²) < 4.78 is 0. The zero-order chi connectivity index (χ0) is 13.5. The maximum Gasteiger partial charge on any atom is 0.0249 e. The highest BCUT2D eigenvalue weighted by molar-refractivity contribution is 4.90. The molecule has 0 radical (unpaired) electrons. The van der Waals surface area contributed by atoms with Gasteiger partial charge in [-0.05, 0) is 57.7 Å². The lowest BCUT2D eigenvalue weighted by atomic mass is 9.85. The highest BCUT2D eigenvalue weighted by atomic mass is 15.2. The molecule has 2 nitrogen and oxygen atoms in total. The summed E-state index contributed by atoms with van der Waals surface area (Å²) in [5.74, 6) is 1.02. The number of nitrogens with one attached hydrogen (secondary N) is 1. The normalized spacial score (nSPS) is 30.6. The fourth-order valence-electron chi connectivity index (χ4n) is 4.10. The molecule has 1 saturated carbocycles. The lowest BCUT2D eigenvalue weighted by Crippen LogP contribution is -2.54. The third kappa shape index (κ3) is 4.46. The van der Waals surface area contributed by atoms with Crippen LogP contribution in [0, 0.1) is 5.92 Å². The Hall–Kier alpha value is -0.0800. The van der Waals surface area contributed by atoms with E-state index in [0.29, 0.717) is 0 Å². The van der Waals surface area contributed by atoms with Gasteiger partial charge in [-0.2, -0.15) is 0 Å². The Kier molecular flexibility index (Phi) is 6.66. The molecule has 1 aliphatic carbocycles. The summed E-state index contributed by atoms with van der Waals surface area (Å²) in [7, 11) is 0. The zero-order valence-corrected chi connectivity index (χ0v) is 13.2. The summed E-state index contributed by atoms with van der Waals surface area (Å²) in [6.45, 7) is 8.53. The molecule has 2 fully saturated rings. The first kappa shape index (κ1) is 15.3. The zero-order valence-electron chi connectivity index (χ0n) is 13.2. The average Bonchev–Trinajstić information content (AvgIpc) is 2.47. The van der Waals surface area contributed by atoms with Crippen LogP contribution >= 0.6 is 0 Å². The Morgan fingerprint density at radius 1 is 0.947 bits per heavy atom. The van der Waals surface area contributed by atoms with Crippen LogP contribution in [0.25, 0.3) is 0 Å². The molecule has 112 valence electrons. The Morgan fingerprint density at radius 3 is 2.37 bits per heavy atom. The van der Waals surface area contributed by atoms with Gasteiger partial charge in [0.15, 0.2) is 0 Å². The monoisotopic (exact) mass is 266 g/mol. The van der Waals surface area contributed by atoms with Crippen molar-refractivity contribution in [2.24, 2.45) is 5.92 Å². The molecular weight excluding hydrogens is 232 g/mol. The van der Waals surface area contributed by atoms with Gasteiger partial charge in [-0.3, -0.25) is 4.90 Å². The Balaban J connectivity index is 1.81. The lowest BCUT2D eigenvalue weighted by molar-refractivity contribution is 0.0809. The number of rotatable bonds is 6. The van der Waals surface area contributed by atoms with Gasteiger partial charge in [0.1, 0.15) is 0 Å². The van der Waals surface area contributed by atoms with E-state index in [1.165, 1.54) is 77.4 Å². The van der Waals surface area contributed by atoms with Crippen LogP contribution in [0.4, 0.5) is 0 Å². The molecule has 0 aromatic rings. The van der Waals surface area contributed by atoms with Gasteiger partial charge >= 0.3 is 0 Å². The van der Waals surface area contributed by atoms with Gasteiger partial charge in [0.05, 0.1) is 0 Å². The highest BCUT2D eigenvalue weighted by Gasteiger charge is 2.31. The molecule has 2 aliphatic rings. The van der Waals surface area contributed by atoms with Crippen LogP contribution in [0.2, 0.25) is 0 Å². The van der Waals surface area contributed by atoms with Crippen molar-refractivity contribution in [3.63, 3.8) is 0 Å². The molecule has 2 rings (SSSR count). The van der Waals surface area contributed by atoms with Crippen molar-refractivity contribution < 1.29 is 0 Å². The second-order valence-electron chi connectivity index (χ2n) is 6.68. The van der Waals surface area contributed by atoms with Crippen LogP contribution in [0.1, 0.15) is 71.6 Å². The Labute approximate surface area is 120 Å². The summed E-state index contributed by atoms with van der Waals surface area (Å²) in [6, 6.07) is 1.61. The summed E-state index contributed by atoms with van der Waals surface area (Å²) in [5.41, 5.74) is 0. The van der Waals surface area contributed by atoms with E-state index in [1.807, 2.05) is 0 Å². The predicted octanol–water partition coefficient (Wildman–Crippen LogP) is 3.81. The van der Waals surface area contributed by atoms with E-state index in [0.717, 1.165) is 18.0 Å². The number of hydrogen-bond donors (Lipinski definition) is 1. The molecule has 19 heavy (non-hydrogen) atoms. The molecule has 2 heteroatoms. The van der Waals surface area contributed by atoms with Gasteiger partial charge in [-0.25, -0.2) is 0 Å². The molecule has 0 amide bonds. The quantitative estimate of drug-likeness (QED) is 0.786. The fourth-order valence-corrected chi connectivity index (χ4v) is 4.10. The van der Waals surface area contributed by atoms with E-state index in [1.54, 1.807) is 0 Å². The maximum atomic E-state index is 3.81. The summed E-state index contributed by atoms with van der Waals surface area (Å²) >= 11 is 0. The number of piperidine rings is 1. The molecule has 1 aliphatic heterocycles. The number of hydrogen-bond acceptors (Lipinski definition) is 2. The van der Waals surface area contributed by atoms with E-state index in [4.69, 9.17) is 0 Å². The smallest absolute Gasteiger partial charge is 0.0249 e. The summed E-state index contributed by atoms with van der Waals surface area (Å²) in [4.78, 5) is 2.82. The molecule has 2 unspecified atom stereocenters. The first-order chi connectivity index (χ1) is 9.35. The van der Waals surface area contributed by atoms with Crippen LogP contribution < -0.4 is 5.32 Å². The largest absolute Gasteiger partial charge is 0.312 e. The molecule has 0 spiro atoms. The summed E-state index contributed by atoms with van der Waals surface area (Å²) in [6.07, 6.45) is 12.7. The van der Waals surface area contributed by atoms with E-state index in [9.17, 15) is 0 Å². The van der Waals surface area contributed by atoms with Crippen molar-refractivity contribution >= 4 is 0 Å². The molecule has 1 saturated heterocycles. The molecule has 2 atom stereocenters. The minimum atomic E-state index is 0.774. The van der Waals surface area contributed by atoms with Crippen molar-refractivity contribution in [2.45, 2.75) is 83.7 Å². The molecular formula is C17H34N2.